The number of aromatic nitrogens is 2. The number of hydrogen-bond donors (Lipinski definition) is 2. The molecule has 0 aliphatic carbocycles. The first kappa shape index (κ1) is 13.2. The Balaban J connectivity index is 2.33. The van der Waals surface area contributed by atoms with Gasteiger partial charge in [0.25, 0.3) is 0 Å². The fourth-order valence-corrected chi connectivity index (χ4v) is 2.08. The van der Waals surface area contributed by atoms with Crippen molar-refractivity contribution in [3.8, 4) is 0 Å². The fraction of sp³-hybridized carbons (Fsp3) is 0.273. The summed E-state index contributed by atoms with van der Waals surface area (Å²) in [4.78, 5) is 18.6. The zero-order chi connectivity index (χ0) is 13.7. The summed E-state index contributed by atoms with van der Waals surface area (Å²) >= 11 is 1.50. The largest absolute Gasteiger partial charge is 0.364 e. The summed E-state index contributed by atoms with van der Waals surface area (Å²) in [7, 11) is 0. The average molecular weight is 279 g/mol. The molecule has 0 spiro atoms. The van der Waals surface area contributed by atoms with Crippen LogP contribution >= 0.6 is 11.3 Å². The van der Waals surface area contributed by atoms with Crippen molar-refractivity contribution in [3.05, 3.63) is 33.3 Å². The highest BCUT2D eigenvalue weighted by Crippen LogP contribution is 2.31. The van der Waals surface area contributed by atoms with Gasteiger partial charge in [0.1, 0.15) is 6.33 Å². The number of nitro groups is 1. The van der Waals surface area contributed by atoms with Crippen molar-refractivity contribution < 1.29 is 4.92 Å². The third kappa shape index (κ3) is 3.16. The van der Waals surface area contributed by atoms with Crippen molar-refractivity contribution in [3.63, 3.8) is 0 Å². The van der Waals surface area contributed by atoms with E-state index in [2.05, 4.69) is 20.6 Å². The Bertz CT molecular complexity index is 558. The van der Waals surface area contributed by atoms with Gasteiger partial charge in [-0.25, -0.2) is 9.97 Å². The van der Waals surface area contributed by atoms with E-state index < -0.39 is 4.92 Å². The lowest BCUT2D eigenvalue weighted by Gasteiger charge is -2.08. The second kappa shape index (κ2) is 6.10. The molecule has 0 fully saturated rings. The van der Waals surface area contributed by atoms with Crippen LogP contribution in [0, 0.1) is 10.1 Å². The Morgan fingerprint density at radius 1 is 1.42 bits per heavy atom. The molecule has 100 valence electrons. The van der Waals surface area contributed by atoms with Gasteiger partial charge < -0.3 is 10.6 Å². The topological polar surface area (TPSA) is 93.0 Å². The molecule has 0 saturated heterocycles. The fourth-order valence-electron chi connectivity index (χ4n) is 1.49. The zero-order valence-electron chi connectivity index (χ0n) is 10.3. The quantitative estimate of drug-likeness (QED) is 0.623. The Labute approximate surface area is 113 Å². The van der Waals surface area contributed by atoms with E-state index in [9.17, 15) is 10.1 Å². The van der Waals surface area contributed by atoms with Crippen molar-refractivity contribution in [1.82, 2.24) is 9.97 Å². The van der Waals surface area contributed by atoms with Crippen LogP contribution < -0.4 is 10.6 Å². The molecule has 2 aromatic heterocycles. The SMILES string of the molecule is CCCNc1ncnc(Nc2ccsc2)c1[N+](=O)[O-]. The van der Waals surface area contributed by atoms with E-state index in [1.807, 2.05) is 23.8 Å². The predicted molar refractivity (Wildman–Crippen MR) is 75.1 cm³/mol. The molecule has 0 unspecified atom stereocenters. The number of anilines is 3. The Morgan fingerprint density at radius 2 is 2.21 bits per heavy atom. The molecule has 0 aliphatic rings. The van der Waals surface area contributed by atoms with Crippen molar-refractivity contribution in [2.24, 2.45) is 0 Å². The lowest BCUT2D eigenvalue weighted by Crippen LogP contribution is -2.08. The van der Waals surface area contributed by atoms with E-state index in [1.165, 1.54) is 17.7 Å². The van der Waals surface area contributed by atoms with Gasteiger partial charge in [-0.1, -0.05) is 6.92 Å². The molecule has 0 radical (unpaired) electrons. The average Bonchev–Trinajstić information content (AvgIpc) is 2.89. The van der Waals surface area contributed by atoms with Crippen LogP contribution in [0.15, 0.2) is 23.2 Å². The molecule has 0 atom stereocenters. The second-order valence-electron chi connectivity index (χ2n) is 3.74. The molecule has 2 heterocycles. The summed E-state index contributed by atoms with van der Waals surface area (Å²) in [5.74, 6) is 0.427. The highest BCUT2D eigenvalue weighted by Gasteiger charge is 2.22. The van der Waals surface area contributed by atoms with Crippen LogP contribution in [-0.4, -0.2) is 21.4 Å². The van der Waals surface area contributed by atoms with Crippen molar-refractivity contribution in [2.45, 2.75) is 13.3 Å². The summed E-state index contributed by atoms with van der Waals surface area (Å²) in [5.41, 5.74) is 0.635. The van der Waals surface area contributed by atoms with Gasteiger partial charge in [-0.15, -0.1) is 0 Å². The van der Waals surface area contributed by atoms with Crippen molar-refractivity contribution >= 4 is 34.3 Å². The molecular formula is C11H13N5O2S. The van der Waals surface area contributed by atoms with Gasteiger partial charge in [0.05, 0.1) is 10.6 Å². The van der Waals surface area contributed by atoms with Gasteiger partial charge in [-0.05, 0) is 17.9 Å². The summed E-state index contributed by atoms with van der Waals surface area (Å²) in [5, 5.41) is 20.8. The van der Waals surface area contributed by atoms with Gasteiger partial charge in [0.2, 0.25) is 11.6 Å². The normalized spacial score (nSPS) is 10.2. The van der Waals surface area contributed by atoms with Crippen LogP contribution in [0.2, 0.25) is 0 Å². The molecule has 0 bridgehead atoms. The summed E-state index contributed by atoms with van der Waals surface area (Å²) in [6, 6.07) is 1.83. The molecule has 19 heavy (non-hydrogen) atoms. The first-order chi connectivity index (χ1) is 9.22. The van der Waals surface area contributed by atoms with E-state index in [-0.39, 0.29) is 17.3 Å². The second-order valence-corrected chi connectivity index (χ2v) is 4.52. The third-order valence-electron chi connectivity index (χ3n) is 2.33. The zero-order valence-corrected chi connectivity index (χ0v) is 11.1. The van der Waals surface area contributed by atoms with E-state index in [4.69, 9.17) is 0 Å². The van der Waals surface area contributed by atoms with E-state index in [1.54, 1.807) is 0 Å². The highest BCUT2D eigenvalue weighted by atomic mass is 32.1. The minimum Gasteiger partial charge on any atom is -0.364 e. The molecule has 0 aliphatic heterocycles. The molecule has 2 aromatic rings. The molecule has 2 N–H and O–H groups in total. The molecule has 0 amide bonds. The number of rotatable bonds is 6. The third-order valence-corrected chi connectivity index (χ3v) is 3.01. The van der Waals surface area contributed by atoms with Gasteiger partial charge in [-0.3, -0.25) is 10.1 Å². The lowest BCUT2D eigenvalue weighted by atomic mass is 10.4. The van der Waals surface area contributed by atoms with Gasteiger partial charge in [0, 0.05) is 11.9 Å². The number of nitrogens with one attached hydrogen (secondary N) is 2. The van der Waals surface area contributed by atoms with Crippen molar-refractivity contribution in [1.29, 1.82) is 0 Å². The summed E-state index contributed by atoms with van der Waals surface area (Å²) < 4.78 is 0. The number of hydrogen-bond acceptors (Lipinski definition) is 7. The van der Waals surface area contributed by atoms with Crippen LogP contribution in [-0.2, 0) is 0 Å². The van der Waals surface area contributed by atoms with E-state index in [0.29, 0.717) is 6.54 Å². The molecular weight excluding hydrogens is 266 g/mol. The minimum atomic E-state index is -0.479. The maximum atomic E-state index is 11.2. The molecule has 2 rings (SSSR count). The van der Waals surface area contributed by atoms with Crippen LogP contribution in [0.25, 0.3) is 0 Å². The molecule has 8 heteroatoms. The smallest absolute Gasteiger partial charge is 0.353 e. The minimum absolute atomic E-state index is 0.137. The summed E-state index contributed by atoms with van der Waals surface area (Å²) in [6.07, 6.45) is 2.16. The van der Waals surface area contributed by atoms with Gasteiger partial charge in [0.15, 0.2) is 0 Å². The van der Waals surface area contributed by atoms with Crippen LogP contribution in [0.3, 0.4) is 0 Å². The number of nitrogens with zero attached hydrogens (tertiary/aromatic N) is 3. The van der Waals surface area contributed by atoms with Gasteiger partial charge >= 0.3 is 5.69 Å². The summed E-state index contributed by atoms with van der Waals surface area (Å²) in [6.45, 7) is 2.60. The Hall–Kier alpha value is -2.22. The van der Waals surface area contributed by atoms with Crippen molar-refractivity contribution in [2.75, 3.05) is 17.2 Å². The Kier molecular flexibility index (Phi) is 4.24. The first-order valence-electron chi connectivity index (χ1n) is 5.75. The standard InChI is InChI=1S/C11H13N5O2S/c1-2-4-12-10-9(16(17)18)11(14-7-13-10)15-8-3-5-19-6-8/h3,5-7H,2,4H2,1H3,(H2,12,13,14,15). The van der Waals surface area contributed by atoms with E-state index >= 15 is 0 Å². The highest BCUT2D eigenvalue weighted by molar-refractivity contribution is 7.08. The van der Waals surface area contributed by atoms with Crippen LogP contribution in [0.4, 0.5) is 23.0 Å². The lowest BCUT2D eigenvalue weighted by molar-refractivity contribution is -0.383. The number of thiophene rings is 1. The van der Waals surface area contributed by atoms with Crippen LogP contribution in [0.5, 0.6) is 0 Å². The van der Waals surface area contributed by atoms with Crippen LogP contribution in [0.1, 0.15) is 13.3 Å². The maximum Gasteiger partial charge on any atom is 0.353 e. The Morgan fingerprint density at radius 3 is 2.84 bits per heavy atom. The van der Waals surface area contributed by atoms with Gasteiger partial charge in [-0.2, -0.15) is 11.3 Å². The van der Waals surface area contributed by atoms with E-state index in [0.717, 1.165) is 12.1 Å². The monoisotopic (exact) mass is 279 g/mol. The maximum absolute atomic E-state index is 11.2. The predicted octanol–water partition coefficient (Wildman–Crippen LogP) is 3.01. The first-order valence-corrected chi connectivity index (χ1v) is 6.69. The molecule has 0 aromatic carbocycles. The molecule has 0 saturated carbocycles. The molecule has 7 nitrogen and oxygen atoms in total.